The second-order valence-corrected chi connectivity index (χ2v) is 4.55. The summed E-state index contributed by atoms with van der Waals surface area (Å²) in [6.45, 7) is 2.17. The molecule has 3 N–H and O–H groups in total. The average molecular weight is 206 g/mol. The highest BCUT2D eigenvalue weighted by Crippen LogP contribution is 2.20. The minimum atomic E-state index is 0.814. The summed E-state index contributed by atoms with van der Waals surface area (Å²) < 4.78 is 0. The number of benzene rings is 1. The molecule has 0 saturated carbocycles. The maximum Gasteiger partial charge on any atom is 0.0476 e. The molecular formula is C11H14N2S. The van der Waals surface area contributed by atoms with E-state index in [-0.39, 0.29) is 0 Å². The Bertz CT molecular complexity index is 434. The van der Waals surface area contributed by atoms with E-state index in [1.54, 1.807) is 0 Å². The van der Waals surface area contributed by atoms with E-state index in [1.165, 1.54) is 11.1 Å². The Balaban J connectivity index is 2.32. The van der Waals surface area contributed by atoms with Gasteiger partial charge in [0, 0.05) is 22.7 Å². The van der Waals surface area contributed by atoms with Crippen LogP contribution in [-0.4, -0.2) is 10.7 Å². The highest BCUT2D eigenvalue weighted by Gasteiger charge is 2.00. The summed E-state index contributed by atoms with van der Waals surface area (Å²) in [5.41, 5.74) is 8.93. The van der Waals surface area contributed by atoms with Gasteiger partial charge in [0.1, 0.15) is 0 Å². The van der Waals surface area contributed by atoms with E-state index < -0.39 is 0 Å². The molecular weight excluding hydrogens is 192 g/mol. The Kier molecular flexibility index (Phi) is 2.68. The second-order valence-electron chi connectivity index (χ2n) is 3.28. The van der Waals surface area contributed by atoms with Crippen LogP contribution in [0.25, 0.3) is 10.9 Å². The van der Waals surface area contributed by atoms with Crippen LogP contribution in [0.5, 0.6) is 0 Å². The highest BCUT2D eigenvalue weighted by molar-refractivity contribution is 7.98. The Morgan fingerprint density at radius 3 is 3.00 bits per heavy atom. The van der Waals surface area contributed by atoms with Crippen LogP contribution in [0.4, 0.5) is 5.69 Å². The van der Waals surface area contributed by atoms with Gasteiger partial charge in [0.15, 0.2) is 0 Å². The van der Waals surface area contributed by atoms with Crippen molar-refractivity contribution in [2.24, 2.45) is 0 Å². The van der Waals surface area contributed by atoms with Crippen molar-refractivity contribution in [1.82, 2.24) is 4.98 Å². The van der Waals surface area contributed by atoms with Crippen LogP contribution in [0.15, 0.2) is 24.3 Å². The Morgan fingerprint density at radius 2 is 2.21 bits per heavy atom. The van der Waals surface area contributed by atoms with Crippen molar-refractivity contribution in [3.8, 4) is 0 Å². The van der Waals surface area contributed by atoms with E-state index >= 15 is 0 Å². The van der Waals surface area contributed by atoms with Gasteiger partial charge in [0.2, 0.25) is 0 Å². The molecule has 0 radical (unpaired) electrons. The van der Waals surface area contributed by atoms with Gasteiger partial charge in [-0.3, -0.25) is 0 Å². The molecule has 2 nitrogen and oxygen atoms in total. The number of aromatic nitrogens is 1. The van der Waals surface area contributed by atoms with Gasteiger partial charge in [-0.25, -0.2) is 0 Å². The number of aromatic amines is 1. The first-order valence-corrected chi connectivity index (χ1v) is 5.90. The fraction of sp³-hybridized carbons (Fsp3) is 0.273. The minimum absolute atomic E-state index is 0.814. The first-order chi connectivity index (χ1) is 6.79. The summed E-state index contributed by atoms with van der Waals surface area (Å²) in [7, 11) is 0. The number of hydrogen-bond donors (Lipinski definition) is 2. The number of anilines is 1. The van der Waals surface area contributed by atoms with Gasteiger partial charge in [-0.1, -0.05) is 13.0 Å². The molecule has 0 atom stereocenters. The lowest BCUT2D eigenvalue weighted by Gasteiger charge is -1.93. The lowest BCUT2D eigenvalue weighted by molar-refractivity contribution is 1.26. The summed E-state index contributed by atoms with van der Waals surface area (Å²) >= 11 is 1.92. The molecule has 0 bridgehead atoms. The molecule has 0 spiro atoms. The number of H-pyrrole nitrogens is 1. The third-order valence-electron chi connectivity index (χ3n) is 2.16. The van der Waals surface area contributed by atoms with Crippen LogP contribution in [0.3, 0.4) is 0 Å². The lowest BCUT2D eigenvalue weighted by atomic mass is 10.2. The summed E-state index contributed by atoms with van der Waals surface area (Å²) in [5, 5.41) is 1.24. The molecule has 0 unspecified atom stereocenters. The van der Waals surface area contributed by atoms with Crippen LogP contribution < -0.4 is 5.73 Å². The molecule has 1 heterocycles. The van der Waals surface area contributed by atoms with Gasteiger partial charge in [0.05, 0.1) is 0 Å². The van der Waals surface area contributed by atoms with E-state index in [1.807, 2.05) is 23.9 Å². The fourth-order valence-electron chi connectivity index (χ4n) is 1.49. The topological polar surface area (TPSA) is 41.8 Å². The molecule has 14 heavy (non-hydrogen) atoms. The monoisotopic (exact) mass is 206 g/mol. The number of nitrogen functional groups attached to an aromatic ring is 1. The lowest BCUT2D eigenvalue weighted by Crippen LogP contribution is -1.82. The van der Waals surface area contributed by atoms with Crippen molar-refractivity contribution >= 4 is 28.4 Å². The summed E-state index contributed by atoms with van der Waals surface area (Å²) in [6, 6.07) is 8.17. The van der Waals surface area contributed by atoms with Crippen molar-refractivity contribution in [3.63, 3.8) is 0 Å². The molecule has 3 heteroatoms. The third kappa shape index (κ3) is 1.87. The smallest absolute Gasteiger partial charge is 0.0476 e. The molecule has 0 saturated heterocycles. The van der Waals surface area contributed by atoms with Crippen LogP contribution >= 0.6 is 11.8 Å². The van der Waals surface area contributed by atoms with Crippen molar-refractivity contribution in [2.45, 2.75) is 12.7 Å². The van der Waals surface area contributed by atoms with E-state index in [0.717, 1.165) is 22.7 Å². The van der Waals surface area contributed by atoms with E-state index in [0.29, 0.717) is 0 Å². The van der Waals surface area contributed by atoms with E-state index in [2.05, 4.69) is 24.0 Å². The number of nitrogens with one attached hydrogen (secondary N) is 1. The zero-order valence-corrected chi connectivity index (χ0v) is 9.03. The van der Waals surface area contributed by atoms with Crippen molar-refractivity contribution in [2.75, 3.05) is 11.5 Å². The maximum absolute atomic E-state index is 5.71. The van der Waals surface area contributed by atoms with Crippen LogP contribution in [0, 0.1) is 0 Å². The maximum atomic E-state index is 5.71. The van der Waals surface area contributed by atoms with Crippen molar-refractivity contribution in [1.29, 1.82) is 0 Å². The molecule has 74 valence electrons. The van der Waals surface area contributed by atoms with Gasteiger partial charge >= 0.3 is 0 Å². The molecule has 0 amide bonds. The van der Waals surface area contributed by atoms with Crippen LogP contribution in [0.2, 0.25) is 0 Å². The summed E-state index contributed by atoms with van der Waals surface area (Å²) in [6.07, 6.45) is 0. The van der Waals surface area contributed by atoms with Gasteiger partial charge in [-0.05, 0) is 29.3 Å². The predicted molar refractivity (Wildman–Crippen MR) is 64.5 cm³/mol. The molecule has 2 aromatic rings. The molecule has 2 rings (SSSR count). The molecule has 0 aliphatic rings. The molecule has 0 fully saturated rings. The summed E-state index contributed by atoms with van der Waals surface area (Å²) in [4.78, 5) is 3.37. The second kappa shape index (κ2) is 3.96. The fourth-order valence-corrected chi connectivity index (χ4v) is 2.07. The van der Waals surface area contributed by atoms with E-state index in [4.69, 9.17) is 5.73 Å². The zero-order chi connectivity index (χ0) is 9.97. The Labute approximate surface area is 87.9 Å². The van der Waals surface area contributed by atoms with Gasteiger partial charge in [-0.2, -0.15) is 11.8 Å². The number of rotatable bonds is 3. The number of fused-ring (bicyclic) bond motifs is 1. The molecule has 0 aliphatic carbocycles. The third-order valence-corrected chi connectivity index (χ3v) is 3.09. The molecule has 1 aromatic carbocycles. The largest absolute Gasteiger partial charge is 0.399 e. The Morgan fingerprint density at radius 1 is 1.36 bits per heavy atom. The highest BCUT2D eigenvalue weighted by atomic mass is 32.2. The quantitative estimate of drug-likeness (QED) is 0.758. The van der Waals surface area contributed by atoms with E-state index in [9.17, 15) is 0 Å². The average Bonchev–Trinajstić information content (AvgIpc) is 2.56. The van der Waals surface area contributed by atoms with Gasteiger partial charge in [-0.15, -0.1) is 0 Å². The number of thioether (sulfide) groups is 1. The molecule has 1 aromatic heterocycles. The first kappa shape index (κ1) is 9.46. The number of nitrogens with two attached hydrogens (primary N) is 1. The standard InChI is InChI=1S/C11H14N2S/c1-2-14-7-10-5-8-3-4-9(12)6-11(8)13-10/h3-6,13H,2,7,12H2,1H3. The first-order valence-electron chi connectivity index (χ1n) is 4.74. The Hall–Kier alpha value is -1.09. The van der Waals surface area contributed by atoms with Gasteiger partial charge < -0.3 is 10.7 Å². The minimum Gasteiger partial charge on any atom is -0.399 e. The van der Waals surface area contributed by atoms with Crippen LogP contribution in [-0.2, 0) is 5.75 Å². The van der Waals surface area contributed by atoms with Gasteiger partial charge in [0.25, 0.3) is 0 Å². The molecule has 0 aliphatic heterocycles. The van der Waals surface area contributed by atoms with Crippen molar-refractivity contribution in [3.05, 3.63) is 30.0 Å². The zero-order valence-electron chi connectivity index (χ0n) is 8.21. The normalized spacial score (nSPS) is 10.9. The number of hydrogen-bond acceptors (Lipinski definition) is 2. The van der Waals surface area contributed by atoms with Crippen LogP contribution in [0.1, 0.15) is 12.6 Å². The SMILES string of the molecule is CCSCc1cc2ccc(N)cc2[nH]1. The summed E-state index contributed by atoms with van der Waals surface area (Å²) in [5.74, 6) is 2.20. The van der Waals surface area contributed by atoms with Crippen molar-refractivity contribution < 1.29 is 0 Å². The predicted octanol–water partition coefficient (Wildman–Crippen LogP) is 3.00.